The van der Waals surface area contributed by atoms with Gasteiger partial charge in [0, 0.05) is 0 Å². The van der Waals surface area contributed by atoms with Crippen LogP contribution in [-0.4, -0.2) is 27.4 Å². The Morgan fingerprint density at radius 1 is 1.28 bits per heavy atom. The third-order valence-electron chi connectivity index (χ3n) is 3.73. The van der Waals surface area contributed by atoms with Crippen LogP contribution in [0.2, 0.25) is 5.15 Å². The van der Waals surface area contributed by atoms with E-state index in [1.807, 2.05) is 0 Å². The second-order valence-corrected chi connectivity index (χ2v) is 5.71. The minimum absolute atomic E-state index is 0.0120. The van der Waals surface area contributed by atoms with Gasteiger partial charge in [-0.1, -0.05) is 23.7 Å². The number of amides is 1. The maximum Gasteiger partial charge on any atom is 0.352 e. The van der Waals surface area contributed by atoms with E-state index in [2.05, 4.69) is 9.97 Å². The predicted molar refractivity (Wildman–Crippen MR) is 79.5 cm³/mol. The van der Waals surface area contributed by atoms with E-state index in [0.717, 1.165) is 6.07 Å². The first-order valence-electron chi connectivity index (χ1n) is 6.99. The molecule has 1 amide bonds. The number of carbonyl (C=O) groups is 1. The second kappa shape index (κ2) is 6.23. The molecule has 0 saturated heterocycles. The van der Waals surface area contributed by atoms with E-state index in [1.54, 1.807) is 0 Å². The maximum absolute atomic E-state index is 14.4. The molecule has 5 nitrogen and oxygen atoms in total. The van der Waals surface area contributed by atoms with Gasteiger partial charge in [0.25, 0.3) is 6.43 Å². The molecule has 1 atom stereocenters. The summed E-state index contributed by atoms with van der Waals surface area (Å²) in [6.45, 7) is -0.372. The predicted octanol–water partition coefficient (Wildman–Crippen LogP) is 3.07. The minimum atomic E-state index is -4.05. The van der Waals surface area contributed by atoms with Crippen molar-refractivity contribution >= 4 is 23.2 Å². The Bertz CT molecular complexity index is 834. The van der Waals surface area contributed by atoms with E-state index in [0.29, 0.717) is 4.90 Å². The molecule has 1 aliphatic heterocycles. The number of alkyl halides is 4. The summed E-state index contributed by atoms with van der Waals surface area (Å²) < 4.78 is 54.5. The third kappa shape index (κ3) is 2.93. The van der Waals surface area contributed by atoms with Crippen LogP contribution in [-0.2, 0) is 17.3 Å². The Morgan fingerprint density at radius 2 is 2.00 bits per heavy atom. The molecule has 1 unspecified atom stereocenters. The van der Waals surface area contributed by atoms with Gasteiger partial charge in [0.05, 0.1) is 35.9 Å². The highest BCUT2D eigenvalue weighted by Gasteiger charge is 2.55. The van der Waals surface area contributed by atoms with Gasteiger partial charge in [-0.15, -0.1) is 0 Å². The molecular weight excluding hydrogens is 366 g/mol. The van der Waals surface area contributed by atoms with Gasteiger partial charge >= 0.3 is 11.8 Å². The lowest BCUT2D eigenvalue weighted by Gasteiger charge is -2.17. The molecule has 132 valence electrons. The van der Waals surface area contributed by atoms with Crippen molar-refractivity contribution < 1.29 is 27.5 Å². The number of hydrogen-bond donors (Lipinski definition) is 1. The Balaban J connectivity index is 2.08. The first-order valence-corrected chi connectivity index (χ1v) is 7.37. The van der Waals surface area contributed by atoms with Crippen molar-refractivity contribution in [1.29, 1.82) is 0 Å². The number of nitrogens with zero attached hydrogens (tertiary/aromatic N) is 3. The van der Waals surface area contributed by atoms with Gasteiger partial charge in [0.2, 0.25) is 0 Å². The summed E-state index contributed by atoms with van der Waals surface area (Å²) in [5, 5.41) is 9.55. The van der Waals surface area contributed by atoms with Crippen molar-refractivity contribution in [2.45, 2.75) is 25.0 Å². The molecule has 25 heavy (non-hydrogen) atoms. The average Bonchev–Trinajstić information content (AvgIpc) is 2.75. The van der Waals surface area contributed by atoms with Crippen LogP contribution in [0.3, 0.4) is 0 Å². The topological polar surface area (TPSA) is 66.3 Å². The zero-order chi connectivity index (χ0) is 18.4. The van der Waals surface area contributed by atoms with Crippen molar-refractivity contribution in [2.24, 2.45) is 0 Å². The molecule has 0 bridgehead atoms. The van der Waals surface area contributed by atoms with Gasteiger partial charge in [0.1, 0.15) is 11.3 Å². The van der Waals surface area contributed by atoms with E-state index in [-0.39, 0.29) is 23.1 Å². The summed E-state index contributed by atoms with van der Waals surface area (Å²) in [7, 11) is 0. The number of anilines is 1. The van der Waals surface area contributed by atoms with Crippen LogP contribution in [0.5, 0.6) is 0 Å². The molecule has 3 rings (SSSR count). The van der Waals surface area contributed by atoms with Crippen LogP contribution >= 0.6 is 11.6 Å². The highest BCUT2D eigenvalue weighted by molar-refractivity contribution is 6.29. The first kappa shape index (κ1) is 17.6. The van der Waals surface area contributed by atoms with Crippen LogP contribution in [0.25, 0.3) is 0 Å². The molecule has 0 spiro atoms. The van der Waals surface area contributed by atoms with E-state index in [1.165, 1.54) is 24.5 Å². The minimum Gasteiger partial charge on any atom is -0.382 e. The lowest BCUT2D eigenvalue weighted by molar-refractivity contribution is -0.142. The molecule has 2 heterocycles. The highest BCUT2D eigenvalue weighted by atomic mass is 35.5. The lowest BCUT2D eigenvalue weighted by Crippen LogP contribution is -2.34. The SMILES string of the molecule is O=C1N(Cc2cncc(Cl)n2)c2cccc(C(O)C(F)F)c2C1(F)F. The summed E-state index contributed by atoms with van der Waals surface area (Å²) >= 11 is 5.68. The van der Waals surface area contributed by atoms with E-state index >= 15 is 0 Å². The number of hydrogen-bond acceptors (Lipinski definition) is 4. The molecule has 0 saturated carbocycles. The number of carbonyl (C=O) groups excluding carboxylic acids is 1. The molecular formula is C15H10ClF4N3O2. The third-order valence-corrected chi connectivity index (χ3v) is 3.91. The van der Waals surface area contributed by atoms with Crippen LogP contribution in [0.4, 0.5) is 23.2 Å². The quantitative estimate of drug-likeness (QED) is 0.834. The zero-order valence-corrected chi connectivity index (χ0v) is 13.1. The summed E-state index contributed by atoms with van der Waals surface area (Å²) in [6, 6.07) is 3.35. The molecule has 1 N–H and O–H groups in total. The summed E-state index contributed by atoms with van der Waals surface area (Å²) in [6.07, 6.45) is -3.23. The van der Waals surface area contributed by atoms with Crippen molar-refractivity contribution in [3.05, 3.63) is 52.6 Å². The normalized spacial score (nSPS) is 17.1. The summed E-state index contributed by atoms with van der Waals surface area (Å²) in [5.74, 6) is -5.65. The van der Waals surface area contributed by atoms with Gasteiger partial charge in [-0.05, 0) is 11.6 Å². The zero-order valence-electron chi connectivity index (χ0n) is 12.3. The number of rotatable bonds is 4. The van der Waals surface area contributed by atoms with Gasteiger partial charge in [-0.2, -0.15) is 8.78 Å². The number of halogens is 5. The Hall–Kier alpha value is -2.26. The van der Waals surface area contributed by atoms with Crippen molar-refractivity contribution in [3.8, 4) is 0 Å². The van der Waals surface area contributed by atoms with Crippen molar-refractivity contribution in [2.75, 3.05) is 4.90 Å². The smallest absolute Gasteiger partial charge is 0.352 e. The van der Waals surface area contributed by atoms with Crippen molar-refractivity contribution in [3.63, 3.8) is 0 Å². The van der Waals surface area contributed by atoms with Gasteiger partial charge in [0.15, 0.2) is 0 Å². The monoisotopic (exact) mass is 375 g/mol. The fourth-order valence-electron chi connectivity index (χ4n) is 2.67. The van der Waals surface area contributed by atoms with E-state index in [4.69, 9.17) is 11.6 Å². The van der Waals surface area contributed by atoms with Crippen LogP contribution in [0, 0.1) is 0 Å². The molecule has 0 fully saturated rings. The molecule has 2 aromatic rings. The fraction of sp³-hybridized carbons (Fsp3) is 0.267. The number of aliphatic hydroxyl groups is 1. The molecule has 1 aliphatic rings. The summed E-state index contributed by atoms with van der Waals surface area (Å²) in [4.78, 5) is 20.5. The van der Waals surface area contributed by atoms with E-state index < -0.39 is 35.5 Å². The Labute approximate surface area is 143 Å². The number of aliphatic hydroxyl groups excluding tert-OH is 1. The largest absolute Gasteiger partial charge is 0.382 e. The highest BCUT2D eigenvalue weighted by Crippen LogP contribution is 2.48. The maximum atomic E-state index is 14.4. The fourth-order valence-corrected chi connectivity index (χ4v) is 2.83. The number of benzene rings is 1. The van der Waals surface area contributed by atoms with Crippen LogP contribution < -0.4 is 4.90 Å². The van der Waals surface area contributed by atoms with Gasteiger partial charge in [-0.3, -0.25) is 9.78 Å². The van der Waals surface area contributed by atoms with Crippen LogP contribution in [0.15, 0.2) is 30.6 Å². The van der Waals surface area contributed by atoms with Crippen LogP contribution in [0.1, 0.15) is 22.9 Å². The van der Waals surface area contributed by atoms with Gasteiger partial charge in [-0.25, -0.2) is 13.8 Å². The Kier molecular flexibility index (Phi) is 4.38. The second-order valence-electron chi connectivity index (χ2n) is 5.32. The van der Waals surface area contributed by atoms with E-state index in [9.17, 15) is 27.5 Å². The molecule has 0 radical (unpaired) electrons. The number of aromatic nitrogens is 2. The molecule has 0 aliphatic carbocycles. The molecule has 10 heteroatoms. The van der Waals surface area contributed by atoms with Crippen molar-refractivity contribution in [1.82, 2.24) is 9.97 Å². The Morgan fingerprint density at radius 3 is 2.64 bits per heavy atom. The molecule has 1 aromatic carbocycles. The lowest BCUT2D eigenvalue weighted by atomic mass is 9.98. The average molecular weight is 376 g/mol. The summed E-state index contributed by atoms with van der Waals surface area (Å²) in [5.41, 5.74) is -1.74. The van der Waals surface area contributed by atoms with Gasteiger partial charge < -0.3 is 10.0 Å². The standard InChI is InChI=1S/C15H10ClF4N3O2/c16-10-5-21-4-7(22-10)6-23-9-3-1-2-8(12(24)13(17)18)11(9)15(19,20)14(23)25/h1-5,12-13,24H,6H2. The molecule has 1 aromatic heterocycles. The number of fused-ring (bicyclic) bond motifs is 1. The first-order chi connectivity index (χ1) is 11.7.